The summed E-state index contributed by atoms with van der Waals surface area (Å²) in [6.07, 6.45) is 3.74. The fourth-order valence-corrected chi connectivity index (χ4v) is 3.97. The molecule has 0 atom stereocenters. The number of pyridine rings is 1. The Hall–Kier alpha value is -3.27. The Morgan fingerprint density at radius 1 is 0.742 bits per heavy atom. The maximum atomic E-state index is 13.6. The molecule has 4 aromatic carbocycles. The summed E-state index contributed by atoms with van der Waals surface area (Å²) in [4.78, 5) is 17.6. The Morgan fingerprint density at radius 3 is 2.39 bits per heavy atom. The summed E-state index contributed by atoms with van der Waals surface area (Å²) in [7, 11) is 0. The molecule has 5 aromatic rings. The van der Waals surface area contributed by atoms with E-state index in [1.165, 1.54) is 12.1 Å². The van der Waals surface area contributed by atoms with E-state index in [4.69, 9.17) is 23.2 Å². The van der Waals surface area contributed by atoms with Crippen molar-refractivity contribution in [1.29, 1.82) is 0 Å². The molecule has 0 spiro atoms. The minimum atomic E-state index is -0.466. The van der Waals surface area contributed by atoms with Crippen molar-refractivity contribution in [3.05, 3.63) is 110 Å². The van der Waals surface area contributed by atoms with Crippen molar-refractivity contribution in [3.8, 4) is 0 Å². The predicted octanol–water partition coefficient (Wildman–Crippen LogP) is 7.52. The highest BCUT2D eigenvalue weighted by atomic mass is 35.5. The Bertz CT molecular complexity index is 1590. The second kappa shape index (κ2) is 7.77. The number of aromatic nitrogens is 1. The van der Waals surface area contributed by atoms with Crippen LogP contribution in [-0.2, 0) is 0 Å². The second-order valence-electron chi connectivity index (χ2n) is 7.27. The first-order valence-corrected chi connectivity index (χ1v) is 10.3. The minimum Gasteiger partial charge on any atom is -0.289 e. The van der Waals surface area contributed by atoms with Crippen LogP contribution < -0.4 is 5.43 Å². The molecule has 0 saturated carbocycles. The number of hydrogen-bond donors (Lipinski definition) is 0. The van der Waals surface area contributed by atoms with Crippen molar-refractivity contribution in [1.82, 2.24) is 4.98 Å². The van der Waals surface area contributed by atoms with Gasteiger partial charge in [-0.1, -0.05) is 59.6 Å². The highest BCUT2D eigenvalue weighted by Gasteiger charge is 2.05. The van der Waals surface area contributed by atoms with Crippen LogP contribution in [0.2, 0.25) is 10.0 Å². The highest BCUT2D eigenvalue weighted by molar-refractivity contribution is 6.31. The standard InChI is InChI=1S/C26H14Cl2FNO/c27-19-7-10-21-17(12-19)5-4-16-3-1-15(11-22(16)26(21)31)2-8-20-9-6-18-13-24(29)23(28)14-25(18)30-20/h1-14H. The zero-order valence-corrected chi connectivity index (χ0v) is 17.6. The summed E-state index contributed by atoms with van der Waals surface area (Å²) >= 11 is 12.0. The van der Waals surface area contributed by atoms with Gasteiger partial charge in [-0.25, -0.2) is 9.37 Å². The van der Waals surface area contributed by atoms with E-state index in [-0.39, 0.29) is 10.5 Å². The van der Waals surface area contributed by atoms with Gasteiger partial charge in [0.15, 0.2) is 5.43 Å². The third kappa shape index (κ3) is 3.78. The van der Waals surface area contributed by atoms with E-state index in [2.05, 4.69) is 4.98 Å². The summed E-state index contributed by atoms with van der Waals surface area (Å²) in [5, 5.41) is 4.24. The summed E-state index contributed by atoms with van der Waals surface area (Å²) in [5.74, 6) is -0.466. The highest BCUT2D eigenvalue weighted by Crippen LogP contribution is 2.23. The van der Waals surface area contributed by atoms with E-state index in [1.807, 2.05) is 48.6 Å². The van der Waals surface area contributed by atoms with Gasteiger partial charge in [0.2, 0.25) is 0 Å². The molecule has 1 aromatic heterocycles. The molecule has 0 saturated heterocycles. The quantitative estimate of drug-likeness (QED) is 0.281. The van der Waals surface area contributed by atoms with E-state index in [0.717, 1.165) is 16.3 Å². The van der Waals surface area contributed by atoms with Crippen molar-refractivity contribution in [2.45, 2.75) is 0 Å². The SMILES string of the molecule is O=c1c2ccc(Cl)cc2ccc2ccc(C=Cc3ccc4cc(F)c(Cl)cc4n3)cc12. The number of hydrogen-bond acceptors (Lipinski definition) is 2. The summed E-state index contributed by atoms with van der Waals surface area (Å²) < 4.78 is 13.6. The van der Waals surface area contributed by atoms with Gasteiger partial charge in [0.1, 0.15) is 5.82 Å². The molecule has 0 unspecified atom stereocenters. The van der Waals surface area contributed by atoms with Crippen LogP contribution in [-0.4, -0.2) is 4.98 Å². The van der Waals surface area contributed by atoms with Crippen molar-refractivity contribution >= 4 is 67.8 Å². The molecular formula is C26H14Cl2FNO. The van der Waals surface area contributed by atoms with Crippen molar-refractivity contribution in [2.24, 2.45) is 0 Å². The van der Waals surface area contributed by atoms with Crippen LogP contribution in [0, 0.1) is 5.82 Å². The van der Waals surface area contributed by atoms with Gasteiger partial charge in [-0.3, -0.25) is 4.79 Å². The molecule has 5 heteroatoms. The number of halogens is 3. The Morgan fingerprint density at radius 2 is 1.52 bits per heavy atom. The Labute approximate surface area is 187 Å². The van der Waals surface area contributed by atoms with Gasteiger partial charge in [-0.15, -0.1) is 0 Å². The van der Waals surface area contributed by atoms with Gasteiger partial charge >= 0.3 is 0 Å². The molecule has 0 amide bonds. The molecule has 0 N–H and O–H groups in total. The summed E-state index contributed by atoms with van der Waals surface area (Å²) in [6.45, 7) is 0. The van der Waals surface area contributed by atoms with Crippen LogP contribution in [0.25, 0.3) is 44.6 Å². The molecule has 5 rings (SSSR count). The first-order valence-electron chi connectivity index (χ1n) is 9.58. The van der Waals surface area contributed by atoms with Gasteiger partial charge in [-0.2, -0.15) is 0 Å². The van der Waals surface area contributed by atoms with Gasteiger partial charge in [0, 0.05) is 21.2 Å². The second-order valence-corrected chi connectivity index (χ2v) is 8.11. The topological polar surface area (TPSA) is 30.0 Å². The van der Waals surface area contributed by atoms with Gasteiger partial charge in [0.05, 0.1) is 16.2 Å². The number of fused-ring (bicyclic) bond motifs is 3. The largest absolute Gasteiger partial charge is 0.289 e. The zero-order valence-electron chi connectivity index (χ0n) is 16.1. The average molecular weight is 446 g/mol. The lowest BCUT2D eigenvalue weighted by molar-refractivity contribution is 0.630. The fraction of sp³-hybridized carbons (Fsp3) is 0. The maximum Gasteiger partial charge on any atom is 0.194 e. The molecule has 0 aliphatic carbocycles. The smallest absolute Gasteiger partial charge is 0.194 e. The third-order valence-corrected chi connectivity index (χ3v) is 5.75. The molecule has 150 valence electrons. The lowest BCUT2D eigenvalue weighted by Crippen LogP contribution is -1.98. The lowest BCUT2D eigenvalue weighted by atomic mass is 10.1. The Balaban J connectivity index is 1.58. The molecule has 1 heterocycles. The normalized spacial score (nSPS) is 11.7. The van der Waals surface area contributed by atoms with E-state index in [0.29, 0.717) is 32.4 Å². The molecule has 0 aliphatic rings. The van der Waals surface area contributed by atoms with E-state index in [9.17, 15) is 9.18 Å². The number of benzene rings is 3. The minimum absolute atomic E-state index is 0.0394. The molecule has 0 radical (unpaired) electrons. The fourth-order valence-electron chi connectivity index (χ4n) is 3.63. The third-order valence-electron chi connectivity index (χ3n) is 5.22. The lowest BCUT2D eigenvalue weighted by Gasteiger charge is -2.01. The predicted molar refractivity (Wildman–Crippen MR) is 128 cm³/mol. The number of nitrogens with zero attached hydrogens (tertiary/aromatic N) is 1. The van der Waals surface area contributed by atoms with Crippen LogP contribution in [0.4, 0.5) is 4.39 Å². The zero-order chi connectivity index (χ0) is 21.5. The van der Waals surface area contributed by atoms with Crippen LogP contribution in [0.15, 0.2) is 77.6 Å². The molecule has 0 bridgehead atoms. The molecule has 31 heavy (non-hydrogen) atoms. The van der Waals surface area contributed by atoms with Crippen molar-refractivity contribution in [2.75, 3.05) is 0 Å². The van der Waals surface area contributed by atoms with Crippen molar-refractivity contribution in [3.63, 3.8) is 0 Å². The van der Waals surface area contributed by atoms with Crippen LogP contribution in [0.5, 0.6) is 0 Å². The number of rotatable bonds is 2. The monoisotopic (exact) mass is 445 g/mol. The maximum absolute atomic E-state index is 13.6. The summed E-state index contributed by atoms with van der Waals surface area (Å²) in [5.41, 5.74) is 2.15. The van der Waals surface area contributed by atoms with Crippen molar-refractivity contribution < 1.29 is 4.39 Å². The van der Waals surface area contributed by atoms with Crippen LogP contribution in [0.1, 0.15) is 11.3 Å². The van der Waals surface area contributed by atoms with Gasteiger partial charge in [0.25, 0.3) is 0 Å². The van der Waals surface area contributed by atoms with E-state index in [1.54, 1.807) is 24.3 Å². The molecule has 0 fully saturated rings. The van der Waals surface area contributed by atoms with Gasteiger partial charge < -0.3 is 0 Å². The molecule has 2 nitrogen and oxygen atoms in total. The average Bonchev–Trinajstić information content (AvgIpc) is 2.89. The summed E-state index contributed by atoms with van der Waals surface area (Å²) in [6, 6.07) is 21.4. The Kier molecular flexibility index (Phi) is 4.93. The molecular weight excluding hydrogens is 432 g/mol. The van der Waals surface area contributed by atoms with Crippen LogP contribution in [0.3, 0.4) is 0 Å². The first kappa shape index (κ1) is 19.7. The first-order chi connectivity index (χ1) is 15.0. The van der Waals surface area contributed by atoms with Crippen LogP contribution >= 0.6 is 23.2 Å². The van der Waals surface area contributed by atoms with Gasteiger partial charge in [-0.05, 0) is 64.9 Å². The van der Waals surface area contributed by atoms with E-state index < -0.39 is 5.82 Å². The molecule has 0 aliphatic heterocycles. The van der Waals surface area contributed by atoms with E-state index >= 15 is 0 Å².